The topological polar surface area (TPSA) is 133 Å². The number of nitrogens with one attached hydrogen (secondary N) is 2. The van der Waals surface area contributed by atoms with Gasteiger partial charge in [-0.3, -0.25) is 9.52 Å². The summed E-state index contributed by atoms with van der Waals surface area (Å²) >= 11 is 5.82. The minimum atomic E-state index is -4.09. The molecule has 0 fully saturated rings. The van der Waals surface area contributed by atoms with Gasteiger partial charge in [0.25, 0.3) is 5.91 Å². The monoisotopic (exact) mass is 527 g/mol. The van der Waals surface area contributed by atoms with Crippen LogP contribution in [0.4, 0.5) is 15.8 Å². The second-order valence-corrected chi connectivity index (χ2v) is 11.8. The molecule has 2 heterocycles. The number of nitrogens with zero attached hydrogens (tertiary/aromatic N) is 1. The Hall–Kier alpha value is -3.09. The molecule has 2 aliphatic rings. The summed E-state index contributed by atoms with van der Waals surface area (Å²) in [4.78, 5) is 14.3. The van der Waals surface area contributed by atoms with Gasteiger partial charge in [0.1, 0.15) is 17.1 Å². The number of hydrogen-bond donors (Lipinski definition) is 3. The number of sulfone groups is 1. The van der Waals surface area contributed by atoms with Crippen LogP contribution in [0, 0.1) is 5.82 Å². The zero-order valence-corrected chi connectivity index (χ0v) is 20.2. The third-order valence-electron chi connectivity index (χ3n) is 5.33. The molecule has 0 aliphatic carbocycles. The summed E-state index contributed by atoms with van der Waals surface area (Å²) in [6, 6.07) is 7.08. The lowest BCUT2D eigenvalue weighted by atomic mass is 10.1. The first kappa shape index (κ1) is 24.0. The van der Waals surface area contributed by atoms with Gasteiger partial charge < -0.3 is 15.3 Å². The van der Waals surface area contributed by atoms with Crippen LogP contribution in [-0.2, 0) is 31.2 Å². The zero-order valence-electron chi connectivity index (χ0n) is 17.8. The van der Waals surface area contributed by atoms with Crippen LogP contribution in [0.25, 0.3) is 0 Å². The number of halogens is 2. The summed E-state index contributed by atoms with van der Waals surface area (Å²) in [6.07, 6.45) is 0.935. The second-order valence-electron chi connectivity index (χ2n) is 7.90. The van der Waals surface area contributed by atoms with Crippen molar-refractivity contribution >= 4 is 48.7 Å². The number of aliphatic hydroxyl groups excluding tert-OH is 1. The first-order valence-corrected chi connectivity index (χ1v) is 13.6. The van der Waals surface area contributed by atoms with E-state index in [0.29, 0.717) is 5.56 Å². The molecule has 0 bridgehead atoms. The van der Waals surface area contributed by atoms with Crippen LogP contribution in [0.15, 0.2) is 63.7 Å². The predicted molar refractivity (Wildman–Crippen MR) is 125 cm³/mol. The Labute approximate surface area is 200 Å². The van der Waals surface area contributed by atoms with E-state index in [0.717, 1.165) is 17.7 Å². The smallest absolute Gasteiger partial charge is 0.260 e. The fraction of sp³-hybridized carbons (Fsp3) is 0.190. The lowest BCUT2D eigenvalue weighted by Gasteiger charge is -2.23. The highest BCUT2D eigenvalue weighted by molar-refractivity contribution is 7.94. The van der Waals surface area contributed by atoms with E-state index in [2.05, 4.69) is 10.0 Å². The average Bonchev–Trinajstić information content (AvgIpc) is 2.93. The Morgan fingerprint density at radius 1 is 1.24 bits per heavy atom. The standard InChI is InChI=1S/C21H19ClFN3O6S2/c1-11-20(27)19(21(28)26(11)9-12-3-5-15(23)14(22)7-12)17-10-34(31,32)18-8-13(25-33(2,29)30)4-6-16(18)24-17/h3-8,10-11,24-25,27H,9H2,1-2H3. The number of carbonyl (C=O) groups excluding carboxylic acids is 1. The molecule has 1 amide bonds. The van der Waals surface area contributed by atoms with Crippen molar-refractivity contribution in [2.45, 2.75) is 24.4 Å². The molecule has 4 rings (SSSR count). The summed E-state index contributed by atoms with van der Waals surface area (Å²) in [5.74, 6) is -1.56. The van der Waals surface area contributed by atoms with Crippen LogP contribution < -0.4 is 10.0 Å². The van der Waals surface area contributed by atoms with Gasteiger partial charge in [-0.2, -0.15) is 0 Å². The highest BCUT2D eigenvalue weighted by Gasteiger charge is 2.40. The normalized spacial score (nSPS) is 19.5. The van der Waals surface area contributed by atoms with E-state index >= 15 is 0 Å². The number of aliphatic hydroxyl groups is 1. The zero-order chi connectivity index (χ0) is 25.0. The van der Waals surface area contributed by atoms with Crippen LogP contribution in [-0.4, -0.2) is 45.0 Å². The van der Waals surface area contributed by atoms with Gasteiger partial charge in [0.05, 0.1) is 39.0 Å². The Morgan fingerprint density at radius 2 is 1.94 bits per heavy atom. The summed E-state index contributed by atoms with van der Waals surface area (Å²) < 4.78 is 64.4. The predicted octanol–water partition coefficient (Wildman–Crippen LogP) is 3.13. The van der Waals surface area contributed by atoms with E-state index in [1.165, 1.54) is 35.2 Å². The molecule has 0 saturated heterocycles. The number of fused-ring (bicyclic) bond motifs is 1. The van der Waals surface area contributed by atoms with Gasteiger partial charge in [0.15, 0.2) is 0 Å². The Bertz CT molecular complexity index is 1500. The maximum absolute atomic E-state index is 13.5. The van der Waals surface area contributed by atoms with Crippen LogP contribution >= 0.6 is 11.6 Å². The third-order valence-corrected chi connectivity index (χ3v) is 7.73. The van der Waals surface area contributed by atoms with Crippen molar-refractivity contribution in [3.8, 4) is 0 Å². The van der Waals surface area contributed by atoms with Gasteiger partial charge >= 0.3 is 0 Å². The Morgan fingerprint density at radius 3 is 2.59 bits per heavy atom. The van der Waals surface area contributed by atoms with Crippen LogP contribution in [0.5, 0.6) is 0 Å². The molecule has 1 atom stereocenters. The molecule has 0 radical (unpaired) electrons. The van der Waals surface area contributed by atoms with Gasteiger partial charge in [-0.25, -0.2) is 21.2 Å². The number of amides is 1. The molecule has 1 unspecified atom stereocenters. The number of benzene rings is 2. The lowest BCUT2D eigenvalue weighted by Crippen LogP contribution is -2.33. The minimum absolute atomic E-state index is 0.00466. The second kappa shape index (κ2) is 8.29. The molecule has 2 aliphatic heterocycles. The van der Waals surface area contributed by atoms with Gasteiger partial charge in [0.2, 0.25) is 19.9 Å². The largest absolute Gasteiger partial charge is 0.509 e. The first-order chi connectivity index (χ1) is 15.8. The molecule has 180 valence electrons. The van der Waals surface area contributed by atoms with E-state index in [1.54, 1.807) is 6.92 Å². The number of carbonyl (C=O) groups is 1. The van der Waals surface area contributed by atoms with E-state index in [1.807, 2.05) is 0 Å². The summed E-state index contributed by atoms with van der Waals surface area (Å²) in [5.41, 5.74) is 0.356. The Kier molecular flexibility index (Phi) is 5.86. The van der Waals surface area contributed by atoms with Gasteiger partial charge in [-0.05, 0) is 42.8 Å². The van der Waals surface area contributed by atoms with Gasteiger partial charge in [0, 0.05) is 12.2 Å². The quantitative estimate of drug-likeness (QED) is 0.544. The van der Waals surface area contributed by atoms with Crippen molar-refractivity contribution in [1.82, 2.24) is 4.90 Å². The first-order valence-electron chi connectivity index (χ1n) is 9.81. The molecule has 3 N–H and O–H groups in total. The SMILES string of the molecule is CC1C(O)=C(C2=CS(=O)(=O)c3cc(NS(C)(=O)=O)ccc3N2)C(=O)N1Cc1ccc(F)c(Cl)c1. The number of rotatable bonds is 5. The summed E-state index contributed by atoms with van der Waals surface area (Å²) in [6.45, 7) is 1.57. The number of sulfonamides is 1. The van der Waals surface area contributed by atoms with E-state index in [4.69, 9.17) is 11.6 Å². The van der Waals surface area contributed by atoms with Crippen molar-refractivity contribution in [3.05, 3.63) is 75.2 Å². The summed E-state index contributed by atoms with van der Waals surface area (Å²) in [5, 5.41) is 14.2. The van der Waals surface area contributed by atoms with Crippen LogP contribution in [0.3, 0.4) is 0 Å². The highest BCUT2D eigenvalue weighted by atomic mass is 35.5. The molecular formula is C21H19ClFN3O6S2. The van der Waals surface area contributed by atoms with E-state index in [-0.39, 0.29) is 44.9 Å². The molecular weight excluding hydrogens is 509 g/mol. The van der Waals surface area contributed by atoms with Gasteiger partial charge in [-0.15, -0.1) is 0 Å². The van der Waals surface area contributed by atoms with Crippen molar-refractivity contribution in [2.75, 3.05) is 16.3 Å². The molecule has 13 heteroatoms. The molecule has 2 aromatic rings. The van der Waals surface area contributed by atoms with Crippen LogP contribution in [0.1, 0.15) is 12.5 Å². The van der Waals surface area contributed by atoms with Crippen molar-refractivity contribution < 1.29 is 31.1 Å². The van der Waals surface area contributed by atoms with Crippen molar-refractivity contribution in [1.29, 1.82) is 0 Å². The maximum atomic E-state index is 13.5. The minimum Gasteiger partial charge on any atom is -0.509 e. The van der Waals surface area contributed by atoms with Gasteiger partial charge in [-0.1, -0.05) is 17.7 Å². The van der Waals surface area contributed by atoms with Crippen molar-refractivity contribution in [2.24, 2.45) is 0 Å². The molecule has 0 saturated carbocycles. The average molecular weight is 528 g/mol. The van der Waals surface area contributed by atoms with Crippen molar-refractivity contribution in [3.63, 3.8) is 0 Å². The third kappa shape index (κ3) is 4.48. The fourth-order valence-corrected chi connectivity index (χ4v) is 5.82. The lowest BCUT2D eigenvalue weighted by molar-refractivity contribution is -0.127. The molecule has 34 heavy (non-hydrogen) atoms. The maximum Gasteiger partial charge on any atom is 0.260 e. The Balaban J connectivity index is 1.66. The number of hydrogen-bond acceptors (Lipinski definition) is 7. The fourth-order valence-electron chi connectivity index (χ4n) is 3.74. The molecule has 0 spiro atoms. The molecule has 9 nitrogen and oxygen atoms in total. The van der Waals surface area contributed by atoms with Crippen LogP contribution in [0.2, 0.25) is 5.02 Å². The molecule has 0 aromatic heterocycles. The van der Waals surface area contributed by atoms with E-state index < -0.39 is 37.6 Å². The highest BCUT2D eigenvalue weighted by Crippen LogP contribution is 2.38. The summed E-state index contributed by atoms with van der Waals surface area (Å²) in [7, 11) is -7.72. The molecule has 2 aromatic carbocycles. The van der Waals surface area contributed by atoms with E-state index in [9.17, 15) is 31.1 Å². The number of anilines is 2.